The van der Waals surface area contributed by atoms with E-state index in [9.17, 15) is 4.79 Å². The van der Waals surface area contributed by atoms with Gasteiger partial charge in [-0.05, 0) is 32.2 Å². The van der Waals surface area contributed by atoms with Gasteiger partial charge in [0.05, 0.1) is 6.04 Å². The Morgan fingerprint density at radius 3 is 2.64 bits per heavy atom. The Labute approximate surface area is 86.6 Å². The van der Waals surface area contributed by atoms with Crippen LogP contribution in [-0.4, -0.2) is 24.5 Å². The first-order chi connectivity index (χ1) is 6.77. The van der Waals surface area contributed by atoms with E-state index in [1.807, 2.05) is 0 Å². The first kappa shape index (κ1) is 11.5. The van der Waals surface area contributed by atoms with E-state index >= 15 is 0 Å². The summed E-state index contributed by atoms with van der Waals surface area (Å²) in [5, 5.41) is 6.34. The first-order valence-corrected chi connectivity index (χ1v) is 5.81. The molecule has 82 valence electrons. The summed E-state index contributed by atoms with van der Waals surface area (Å²) in [4.78, 5) is 11.8. The predicted octanol–water partition coefficient (Wildman–Crippen LogP) is 1.43. The van der Waals surface area contributed by atoms with Crippen molar-refractivity contribution < 1.29 is 4.79 Å². The summed E-state index contributed by atoms with van der Waals surface area (Å²) in [6.07, 6.45) is 5.42. The van der Waals surface area contributed by atoms with Crippen molar-refractivity contribution in [1.29, 1.82) is 0 Å². The zero-order valence-corrected chi connectivity index (χ0v) is 9.31. The zero-order chi connectivity index (χ0) is 10.4. The minimum Gasteiger partial charge on any atom is -0.352 e. The molecule has 2 N–H and O–H groups in total. The minimum atomic E-state index is 0.0596. The maximum absolute atomic E-state index is 11.8. The number of hydrogen-bond acceptors (Lipinski definition) is 2. The van der Waals surface area contributed by atoms with Gasteiger partial charge < -0.3 is 10.6 Å². The summed E-state index contributed by atoms with van der Waals surface area (Å²) in [6.45, 7) is 5.21. The maximum Gasteiger partial charge on any atom is 0.237 e. The fourth-order valence-electron chi connectivity index (χ4n) is 1.87. The van der Waals surface area contributed by atoms with Crippen molar-refractivity contribution in [3.05, 3.63) is 0 Å². The van der Waals surface area contributed by atoms with E-state index in [4.69, 9.17) is 0 Å². The monoisotopic (exact) mass is 198 g/mol. The molecule has 1 amide bonds. The lowest BCUT2D eigenvalue weighted by atomic mass is 10.0. The van der Waals surface area contributed by atoms with Crippen LogP contribution in [0.25, 0.3) is 0 Å². The van der Waals surface area contributed by atoms with Crippen LogP contribution in [0.5, 0.6) is 0 Å². The summed E-state index contributed by atoms with van der Waals surface area (Å²) in [5.74, 6) is 0.193. The predicted molar refractivity (Wildman–Crippen MR) is 58.2 cm³/mol. The molecule has 0 unspecified atom stereocenters. The van der Waals surface area contributed by atoms with Gasteiger partial charge in [-0.15, -0.1) is 0 Å². The standard InChI is InChI=1S/C11H22N2O/c1-3-9(4-2)13-11(14)10-7-5-6-8-12-10/h9-10,12H,3-8H2,1-2H3,(H,13,14)/t10-/m0/s1. The van der Waals surface area contributed by atoms with Crippen molar-refractivity contribution in [1.82, 2.24) is 10.6 Å². The fraction of sp³-hybridized carbons (Fsp3) is 0.909. The van der Waals surface area contributed by atoms with Crippen LogP contribution in [0.2, 0.25) is 0 Å². The highest BCUT2D eigenvalue weighted by molar-refractivity contribution is 5.82. The summed E-state index contributed by atoms with van der Waals surface area (Å²) in [7, 11) is 0. The molecular weight excluding hydrogens is 176 g/mol. The average Bonchev–Trinajstić information content (AvgIpc) is 2.26. The van der Waals surface area contributed by atoms with Gasteiger partial charge in [0.25, 0.3) is 0 Å². The molecule has 14 heavy (non-hydrogen) atoms. The van der Waals surface area contributed by atoms with Gasteiger partial charge in [0.1, 0.15) is 0 Å². The maximum atomic E-state index is 11.8. The summed E-state index contributed by atoms with van der Waals surface area (Å²) < 4.78 is 0. The third kappa shape index (κ3) is 3.29. The lowest BCUT2D eigenvalue weighted by Crippen LogP contribution is -2.49. The van der Waals surface area contributed by atoms with E-state index in [1.165, 1.54) is 12.8 Å². The number of rotatable bonds is 4. The lowest BCUT2D eigenvalue weighted by Gasteiger charge is -2.25. The molecule has 3 heteroatoms. The highest BCUT2D eigenvalue weighted by Crippen LogP contribution is 2.07. The minimum absolute atomic E-state index is 0.0596. The Bertz CT molecular complexity index is 172. The van der Waals surface area contributed by atoms with Gasteiger partial charge in [0.2, 0.25) is 5.91 Å². The molecule has 3 nitrogen and oxygen atoms in total. The van der Waals surface area contributed by atoms with Crippen LogP contribution in [0.3, 0.4) is 0 Å². The Balaban J connectivity index is 2.32. The van der Waals surface area contributed by atoms with E-state index in [1.54, 1.807) is 0 Å². The molecule has 0 aromatic carbocycles. The van der Waals surface area contributed by atoms with Crippen molar-refractivity contribution >= 4 is 5.91 Å². The molecule has 0 aromatic heterocycles. The molecule has 1 atom stereocenters. The van der Waals surface area contributed by atoms with Gasteiger partial charge >= 0.3 is 0 Å². The molecule has 1 aliphatic rings. The number of carbonyl (C=O) groups is 1. The Hall–Kier alpha value is -0.570. The normalized spacial score (nSPS) is 22.4. The molecule has 0 radical (unpaired) electrons. The molecule has 1 rings (SSSR count). The molecule has 1 saturated heterocycles. The Morgan fingerprint density at radius 2 is 2.14 bits per heavy atom. The summed E-state index contributed by atoms with van der Waals surface area (Å²) in [5.41, 5.74) is 0. The van der Waals surface area contributed by atoms with E-state index in [0.717, 1.165) is 25.8 Å². The highest BCUT2D eigenvalue weighted by atomic mass is 16.2. The number of amides is 1. The van der Waals surface area contributed by atoms with E-state index in [2.05, 4.69) is 24.5 Å². The van der Waals surface area contributed by atoms with Crippen LogP contribution in [0.15, 0.2) is 0 Å². The number of hydrogen-bond donors (Lipinski definition) is 2. The number of carbonyl (C=O) groups excluding carboxylic acids is 1. The Morgan fingerprint density at radius 1 is 1.43 bits per heavy atom. The molecule has 0 aromatic rings. The molecule has 1 fully saturated rings. The highest BCUT2D eigenvalue weighted by Gasteiger charge is 2.21. The van der Waals surface area contributed by atoms with Crippen LogP contribution >= 0.6 is 0 Å². The lowest BCUT2D eigenvalue weighted by molar-refractivity contribution is -0.124. The third-order valence-electron chi connectivity index (χ3n) is 2.96. The summed E-state index contributed by atoms with van der Waals surface area (Å²) in [6, 6.07) is 0.413. The quantitative estimate of drug-likeness (QED) is 0.717. The molecule has 1 aliphatic heterocycles. The first-order valence-electron chi connectivity index (χ1n) is 5.81. The van der Waals surface area contributed by atoms with E-state index in [0.29, 0.717) is 6.04 Å². The van der Waals surface area contributed by atoms with Crippen molar-refractivity contribution in [2.45, 2.75) is 58.0 Å². The van der Waals surface area contributed by atoms with Crippen LogP contribution < -0.4 is 10.6 Å². The van der Waals surface area contributed by atoms with E-state index < -0.39 is 0 Å². The smallest absolute Gasteiger partial charge is 0.237 e. The van der Waals surface area contributed by atoms with Gasteiger partial charge in [0.15, 0.2) is 0 Å². The second kappa shape index (κ2) is 6.02. The Kier molecular flexibility index (Phi) is 4.94. The van der Waals surface area contributed by atoms with Crippen LogP contribution in [0.4, 0.5) is 0 Å². The van der Waals surface area contributed by atoms with Crippen LogP contribution in [-0.2, 0) is 4.79 Å². The largest absolute Gasteiger partial charge is 0.352 e. The van der Waals surface area contributed by atoms with E-state index in [-0.39, 0.29) is 11.9 Å². The van der Waals surface area contributed by atoms with Crippen LogP contribution in [0.1, 0.15) is 46.0 Å². The third-order valence-corrected chi connectivity index (χ3v) is 2.96. The number of piperidine rings is 1. The second-order valence-corrected chi connectivity index (χ2v) is 4.02. The van der Waals surface area contributed by atoms with Gasteiger partial charge in [-0.1, -0.05) is 20.3 Å². The second-order valence-electron chi connectivity index (χ2n) is 4.02. The molecule has 0 saturated carbocycles. The SMILES string of the molecule is CCC(CC)NC(=O)[C@@H]1CCCCN1. The molecule has 0 aliphatic carbocycles. The van der Waals surface area contributed by atoms with Crippen molar-refractivity contribution in [3.8, 4) is 0 Å². The molecule has 0 bridgehead atoms. The average molecular weight is 198 g/mol. The van der Waals surface area contributed by atoms with Gasteiger partial charge in [0, 0.05) is 6.04 Å². The molecular formula is C11H22N2O. The molecule has 0 spiro atoms. The summed E-state index contributed by atoms with van der Waals surface area (Å²) >= 11 is 0. The van der Waals surface area contributed by atoms with Gasteiger partial charge in [-0.2, -0.15) is 0 Å². The van der Waals surface area contributed by atoms with Gasteiger partial charge in [-0.25, -0.2) is 0 Å². The molecule has 1 heterocycles. The zero-order valence-electron chi connectivity index (χ0n) is 9.31. The van der Waals surface area contributed by atoms with Crippen molar-refractivity contribution in [2.75, 3.05) is 6.54 Å². The fourth-order valence-corrected chi connectivity index (χ4v) is 1.87. The van der Waals surface area contributed by atoms with Crippen molar-refractivity contribution in [2.24, 2.45) is 0 Å². The topological polar surface area (TPSA) is 41.1 Å². The van der Waals surface area contributed by atoms with Crippen LogP contribution in [0, 0.1) is 0 Å². The van der Waals surface area contributed by atoms with Gasteiger partial charge in [-0.3, -0.25) is 4.79 Å². The van der Waals surface area contributed by atoms with Crippen molar-refractivity contribution in [3.63, 3.8) is 0 Å². The number of nitrogens with one attached hydrogen (secondary N) is 2.